The predicted molar refractivity (Wildman–Crippen MR) is 147 cm³/mol. The van der Waals surface area contributed by atoms with Crippen molar-refractivity contribution in [3.8, 4) is 17.2 Å². The van der Waals surface area contributed by atoms with E-state index in [1.165, 1.54) is 0 Å². The average molecular weight is 524 g/mol. The standard InChI is InChI=1S/C30H41N3O5/c1-22-14-15-33(21-31-22)20-25(18-23-8-13-28-29(19-23)38-17-16-37-28)32-30(35)7-5-3-4-6-27(34)24-9-11-26(36-2)12-10-24/h8-13,19,22,25,31H,3-7,14-18,20-21H2,1-2H3,(H,32,35)/t22-,25+/m1/s1. The summed E-state index contributed by atoms with van der Waals surface area (Å²) in [5.41, 5.74) is 1.82. The van der Waals surface area contributed by atoms with Crippen molar-refractivity contribution in [2.75, 3.05) is 40.1 Å². The molecule has 1 saturated heterocycles. The fourth-order valence-electron chi connectivity index (χ4n) is 4.94. The molecule has 0 unspecified atom stereocenters. The molecule has 2 heterocycles. The normalized spacial score (nSPS) is 18.0. The van der Waals surface area contributed by atoms with Crippen LogP contribution in [0, 0.1) is 0 Å². The largest absolute Gasteiger partial charge is 0.497 e. The summed E-state index contributed by atoms with van der Waals surface area (Å²) in [6.07, 6.45) is 5.16. The Kier molecular flexibility index (Phi) is 10.4. The zero-order valence-electron chi connectivity index (χ0n) is 22.7. The van der Waals surface area contributed by atoms with Gasteiger partial charge in [0.2, 0.25) is 5.91 Å². The smallest absolute Gasteiger partial charge is 0.220 e. The van der Waals surface area contributed by atoms with Crippen LogP contribution in [0.1, 0.15) is 61.4 Å². The molecular formula is C30H41N3O5. The molecule has 0 aromatic heterocycles. The number of ether oxygens (including phenoxy) is 3. The molecule has 1 amide bonds. The SMILES string of the molecule is COc1ccc(C(=O)CCCCCC(=O)N[C@@H](Cc2ccc3c(c2)OCCO3)CN2CC[C@@H](C)NC2)cc1. The topological polar surface area (TPSA) is 89.1 Å². The lowest BCUT2D eigenvalue weighted by atomic mass is 10.0. The Labute approximate surface area is 226 Å². The van der Waals surface area contributed by atoms with Crippen LogP contribution < -0.4 is 24.8 Å². The second-order valence-electron chi connectivity index (χ2n) is 10.3. The highest BCUT2D eigenvalue weighted by molar-refractivity contribution is 5.96. The van der Waals surface area contributed by atoms with E-state index in [4.69, 9.17) is 14.2 Å². The second-order valence-corrected chi connectivity index (χ2v) is 10.3. The van der Waals surface area contributed by atoms with Gasteiger partial charge >= 0.3 is 0 Å². The Morgan fingerprint density at radius 2 is 1.82 bits per heavy atom. The van der Waals surface area contributed by atoms with E-state index in [-0.39, 0.29) is 17.7 Å². The van der Waals surface area contributed by atoms with Crippen molar-refractivity contribution in [3.05, 3.63) is 53.6 Å². The molecule has 0 spiro atoms. The molecule has 8 nitrogen and oxygen atoms in total. The maximum atomic E-state index is 12.9. The van der Waals surface area contributed by atoms with Crippen LogP contribution in [0.4, 0.5) is 0 Å². The molecular weight excluding hydrogens is 482 g/mol. The maximum absolute atomic E-state index is 12.9. The minimum absolute atomic E-state index is 0.00286. The van der Waals surface area contributed by atoms with Crippen LogP contribution in [-0.4, -0.2) is 68.8 Å². The first-order valence-electron chi connectivity index (χ1n) is 13.8. The third-order valence-corrected chi connectivity index (χ3v) is 7.19. The van der Waals surface area contributed by atoms with E-state index in [2.05, 4.69) is 28.5 Å². The minimum Gasteiger partial charge on any atom is -0.497 e. The number of unbranched alkanes of at least 4 members (excludes halogenated alkanes) is 2. The molecule has 0 aliphatic carbocycles. The number of nitrogens with one attached hydrogen (secondary N) is 2. The summed E-state index contributed by atoms with van der Waals surface area (Å²) in [5, 5.41) is 6.79. The first-order valence-corrected chi connectivity index (χ1v) is 13.8. The maximum Gasteiger partial charge on any atom is 0.220 e. The number of rotatable bonds is 13. The van der Waals surface area contributed by atoms with Crippen molar-refractivity contribution < 1.29 is 23.8 Å². The van der Waals surface area contributed by atoms with Gasteiger partial charge in [0.25, 0.3) is 0 Å². The summed E-state index contributed by atoms with van der Waals surface area (Å²) >= 11 is 0. The van der Waals surface area contributed by atoms with Crippen LogP contribution in [0.15, 0.2) is 42.5 Å². The Morgan fingerprint density at radius 1 is 1.05 bits per heavy atom. The van der Waals surface area contributed by atoms with Gasteiger partial charge in [0.05, 0.1) is 7.11 Å². The Bertz CT molecular complexity index is 1050. The fraction of sp³-hybridized carbons (Fsp3) is 0.533. The number of carbonyl (C=O) groups is 2. The number of carbonyl (C=O) groups excluding carboxylic acids is 2. The Hall–Kier alpha value is -3.10. The van der Waals surface area contributed by atoms with Gasteiger partial charge in [-0.15, -0.1) is 0 Å². The van der Waals surface area contributed by atoms with Gasteiger partial charge in [-0.05, 0) is 74.6 Å². The lowest BCUT2D eigenvalue weighted by molar-refractivity contribution is -0.122. The zero-order chi connectivity index (χ0) is 26.7. The van der Waals surface area contributed by atoms with E-state index in [1.807, 2.05) is 12.1 Å². The number of nitrogens with zero attached hydrogens (tertiary/aromatic N) is 1. The molecule has 2 aliphatic heterocycles. The average Bonchev–Trinajstić information content (AvgIpc) is 2.94. The van der Waals surface area contributed by atoms with Crippen molar-refractivity contribution in [2.45, 2.75) is 64.0 Å². The molecule has 2 aromatic carbocycles. The molecule has 206 valence electrons. The lowest BCUT2D eigenvalue weighted by Crippen LogP contribution is -2.52. The molecule has 2 aromatic rings. The molecule has 1 fully saturated rings. The number of ketones is 1. The van der Waals surface area contributed by atoms with Gasteiger partial charge < -0.3 is 24.8 Å². The third-order valence-electron chi connectivity index (χ3n) is 7.19. The molecule has 2 N–H and O–H groups in total. The molecule has 0 bridgehead atoms. The van der Waals surface area contributed by atoms with E-state index in [0.717, 1.165) is 74.7 Å². The Morgan fingerprint density at radius 3 is 2.55 bits per heavy atom. The first kappa shape index (κ1) is 27.9. The van der Waals surface area contributed by atoms with E-state index in [0.29, 0.717) is 37.7 Å². The van der Waals surface area contributed by atoms with Crippen LogP contribution in [0.2, 0.25) is 0 Å². The van der Waals surface area contributed by atoms with Crippen LogP contribution in [0.3, 0.4) is 0 Å². The van der Waals surface area contributed by atoms with Crippen molar-refractivity contribution in [2.24, 2.45) is 0 Å². The van der Waals surface area contributed by atoms with Gasteiger partial charge in [0.15, 0.2) is 17.3 Å². The summed E-state index contributed by atoms with van der Waals surface area (Å²) in [5.74, 6) is 2.48. The molecule has 0 saturated carbocycles. The quantitative estimate of drug-likeness (QED) is 0.303. The number of benzene rings is 2. The van der Waals surface area contributed by atoms with E-state index >= 15 is 0 Å². The monoisotopic (exact) mass is 523 g/mol. The highest BCUT2D eigenvalue weighted by Crippen LogP contribution is 2.31. The van der Waals surface area contributed by atoms with E-state index in [9.17, 15) is 9.59 Å². The first-order chi connectivity index (χ1) is 18.5. The number of amides is 1. The van der Waals surface area contributed by atoms with Crippen LogP contribution >= 0.6 is 0 Å². The van der Waals surface area contributed by atoms with Gasteiger partial charge in [-0.3, -0.25) is 14.5 Å². The summed E-state index contributed by atoms with van der Waals surface area (Å²) in [4.78, 5) is 27.7. The number of hydrogen-bond donors (Lipinski definition) is 2. The molecule has 0 radical (unpaired) electrons. The van der Waals surface area contributed by atoms with Crippen molar-refractivity contribution in [3.63, 3.8) is 0 Å². The molecule has 2 aliphatic rings. The Balaban J connectivity index is 1.24. The summed E-state index contributed by atoms with van der Waals surface area (Å²) < 4.78 is 16.6. The molecule has 4 rings (SSSR count). The van der Waals surface area contributed by atoms with Crippen molar-refractivity contribution in [1.29, 1.82) is 0 Å². The van der Waals surface area contributed by atoms with Crippen molar-refractivity contribution in [1.82, 2.24) is 15.5 Å². The van der Waals surface area contributed by atoms with Gasteiger partial charge in [-0.1, -0.05) is 12.5 Å². The van der Waals surface area contributed by atoms with Gasteiger partial charge in [0.1, 0.15) is 19.0 Å². The molecule has 38 heavy (non-hydrogen) atoms. The number of hydrogen-bond acceptors (Lipinski definition) is 7. The van der Waals surface area contributed by atoms with Crippen LogP contribution in [0.25, 0.3) is 0 Å². The second kappa shape index (κ2) is 14.2. The zero-order valence-corrected chi connectivity index (χ0v) is 22.7. The van der Waals surface area contributed by atoms with Crippen LogP contribution in [0.5, 0.6) is 17.2 Å². The predicted octanol–water partition coefficient (Wildman–Crippen LogP) is 3.97. The van der Waals surface area contributed by atoms with Gasteiger partial charge in [0, 0.05) is 50.2 Å². The van der Waals surface area contributed by atoms with Crippen molar-refractivity contribution >= 4 is 11.7 Å². The summed E-state index contributed by atoms with van der Waals surface area (Å²) in [6.45, 7) is 5.97. The van der Waals surface area contributed by atoms with Gasteiger partial charge in [-0.2, -0.15) is 0 Å². The van der Waals surface area contributed by atoms with E-state index < -0.39 is 0 Å². The highest BCUT2D eigenvalue weighted by atomic mass is 16.6. The summed E-state index contributed by atoms with van der Waals surface area (Å²) in [6, 6.07) is 13.8. The number of methoxy groups -OCH3 is 1. The third kappa shape index (κ3) is 8.46. The minimum atomic E-state index is -0.00286. The molecule has 2 atom stereocenters. The van der Waals surface area contributed by atoms with E-state index in [1.54, 1.807) is 31.4 Å². The number of Topliss-reactive ketones (excluding diaryl/α,β-unsaturated/α-hetero) is 1. The lowest BCUT2D eigenvalue weighted by Gasteiger charge is -2.34. The number of fused-ring (bicyclic) bond motifs is 1. The fourth-order valence-corrected chi connectivity index (χ4v) is 4.94. The van der Waals surface area contributed by atoms with Crippen LogP contribution in [-0.2, 0) is 11.2 Å². The highest BCUT2D eigenvalue weighted by Gasteiger charge is 2.22. The molecule has 8 heteroatoms. The van der Waals surface area contributed by atoms with Gasteiger partial charge in [-0.25, -0.2) is 0 Å². The summed E-state index contributed by atoms with van der Waals surface area (Å²) in [7, 11) is 1.61.